The molecular formula is C15H29ClN2O2. The van der Waals surface area contributed by atoms with E-state index in [2.05, 4.69) is 5.32 Å². The summed E-state index contributed by atoms with van der Waals surface area (Å²) in [6.45, 7) is 2.15. The molecule has 1 heterocycles. The molecule has 0 spiro atoms. The molecule has 1 atom stereocenters. The number of ether oxygens (including phenoxy) is 1. The molecule has 1 saturated carbocycles. The molecule has 2 rings (SSSR count). The lowest BCUT2D eigenvalue weighted by Gasteiger charge is -2.35. The molecule has 20 heavy (non-hydrogen) atoms. The van der Waals surface area contributed by atoms with Gasteiger partial charge in [0.1, 0.15) is 0 Å². The summed E-state index contributed by atoms with van der Waals surface area (Å²) in [4.78, 5) is 12.1. The summed E-state index contributed by atoms with van der Waals surface area (Å²) in [6, 6.07) is 0. The van der Waals surface area contributed by atoms with Crippen LogP contribution in [0.2, 0.25) is 0 Å². The van der Waals surface area contributed by atoms with Crippen LogP contribution in [0.25, 0.3) is 0 Å². The highest BCUT2D eigenvalue weighted by atomic mass is 35.5. The van der Waals surface area contributed by atoms with E-state index in [1.54, 1.807) is 0 Å². The van der Waals surface area contributed by atoms with E-state index in [0.29, 0.717) is 19.5 Å². The van der Waals surface area contributed by atoms with Crippen molar-refractivity contribution < 1.29 is 9.53 Å². The van der Waals surface area contributed by atoms with E-state index >= 15 is 0 Å². The predicted molar refractivity (Wildman–Crippen MR) is 83.0 cm³/mol. The van der Waals surface area contributed by atoms with Crippen molar-refractivity contribution in [2.24, 2.45) is 11.1 Å². The fourth-order valence-electron chi connectivity index (χ4n) is 3.35. The Morgan fingerprint density at radius 2 is 1.95 bits per heavy atom. The van der Waals surface area contributed by atoms with Gasteiger partial charge in [-0.05, 0) is 44.1 Å². The second-order valence-corrected chi connectivity index (χ2v) is 6.23. The molecule has 2 fully saturated rings. The number of hydrogen-bond donors (Lipinski definition) is 2. The first-order valence-electron chi connectivity index (χ1n) is 7.82. The Morgan fingerprint density at radius 1 is 1.20 bits per heavy atom. The van der Waals surface area contributed by atoms with Crippen LogP contribution in [0.4, 0.5) is 0 Å². The van der Waals surface area contributed by atoms with Gasteiger partial charge in [-0.25, -0.2) is 0 Å². The lowest BCUT2D eigenvalue weighted by Crippen LogP contribution is -2.41. The van der Waals surface area contributed by atoms with Gasteiger partial charge in [-0.3, -0.25) is 4.79 Å². The van der Waals surface area contributed by atoms with Crippen molar-refractivity contribution >= 4 is 18.3 Å². The van der Waals surface area contributed by atoms with Crippen molar-refractivity contribution in [1.29, 1.82) is 0 Å². The van der Waals surface area contributed by atoms with E-state index in [0.717, 1.165) is 32.3 Å². The van der Waals surface area contributed by atoms with Crippen LogP contribution in [0.3, 0.4) is 0 Å². The number of nitrogens with two attached hydrogens (primary N) is 1. The molecule has 4 nitrogen and oxygen atoms in total. The molecule has 1 aliphatic carbocycles. The summed E-state index contributed by atoms with van der Waals surface area (Å²) < 4.78 is 5.63. The maximum atomic E-state index is 12.1. The van der Waals surface area contributed by atoms with Crippen LogP contribution in [-0.2, 0) is 9.53 Å². The summed E-state index contributed by atoms with van der Waals surface area (Å²) in [5.74, 6) is 0.154. The van der Waals surface area contributed by atoms with Gasteiger partial charge in [-0.2, -0.15) is 0 Å². The number of halogens is 1. The van der Waals surface area contributed by atoms with Gasteiger partial charge in [0, 0.05) is 19.6 Å². The fraction of sp³-hybridized carbons (Fsp3) is 0.933. The predicted octanol–water partition coefficient (Wildman–Crippen LogP) is 2.39. The summed E-state index contributed by atoms with van der Waals surface area (Å²) in [5, 5.41) is 3.04. The van der Waals surface area contributed by atoms with E-state index in [1.165, 1.54) is 25.7 Å². The molecule has 1 unspecified atom stereocenters. The Bertz CT molecular complexity index is 288. The van der Waals surface area contributed by atoms with Crippen molar-refractivity contribution in [1.82, 2.24) is 5.32 Å². The Balaban J connectivity index is 0.00000200. The highest BCUT2D eigenvalue weighted by Gasteiger charge is 2.33. The van der Waals surface area contributed by atoms with Crippen LogP contribution in [0, 0.1) is 5.41 Å². The van der Waals surface area contributed by atoms with Crippen LogP contribution < -0.4 is 11.1 Å². The highest BCUT2D eigenvalue weighted by Crippen LogP contribution is 2.38. The second-order valence-electron chi connectivity index (χ2n) is 6.23. The van der Waals surface area contributed by atoms with Gasteiger partial charge in [0.15, 0.2) is 0 Å². The number of carbonyl (C=O) groups is 1. The number of amides is 1. The quantitative estimate of drug-likeness (QED) is 0.819. The molecule has 0 aromatic rings. The number of hydrogen-bond acceptors (Lipinski definition) is 3. The van der Waals surface area contributed by atoms with Crippen LogP contribution in [-0.4, -0.2) is 31.7 Å². The van der Waals surface area contributed by atoms with E-state index < -0.39 is 0 Å². The van der Waals surface area contributed by atoms with E-state index in [-0.39, 0.29) is 29.8 Å². The molecule has 1 saturated heterocycles. The molecule has 5 heteroatoms. The number of carbonyl (C=O) groups excluding carboxylic acids is 1. The molecule has 3 N–H and O–H groups in total. The second kappa shape index (κ2) is 8.85. The number of rotatable bonds is 5. The van der Waals surface area contributed by atoms with Gasteiger partial charge in [-0.15, -0.1) is 12.4 Å². The van der Waals surface area contributed by atoms with Crippen LogP contribution in [0.15, 0.2) is 0 Å². The van der Waals surface area contributed by atoms with Crippen LogP contribution >= 0.6 is 12.4 Å². The zero-order valence-electron chi connectivity index (χ0n) is 12.4. The monoisotopic (exact) mass is 304 g/mol. The van der Waals surface area contributed by atoms with Gasteiger partial charge in [0.05, 0.1) is 6.10 Å². The third kappa shape index (κ3) is 5.23. The third-order valence-corrected chi connectivity index (χ3v) is 4.68. The highest BCUT2D eigenvalue weighted by molar-refractivity contribution is 5.85. The first-order valence-corrected chi connectivity index (χ1v) is 7.82. The first-order chi connectivity index (χ1) is 9.24. The molecule has 0 radical (unpaired) electrons. The summed E-state index contributed by atoms with van der Waals surface area (Å²) in [6.07, 6.45) is 10.2. The Labute approximate surface area is 128 Å². The molecule has 1 amide bonds. The van der Waals surface area contributed by atoms with Gasteiger partial charge < -0.3 is 15.8 Å². The standard InChI is InChI=1S/C15H28N2O2.ClH/c16-12-15(7-3-1-4-8-15)10-14(18)17-11-13-6-2-5-9-19-13;/h13H,1-12,16H2,(H,17,18);1H. The Kier molecular flexibility index (Phi) is 7.85. The van der Waals surface area contributed by atoms with E-state index in [4.69, 9.17) is 10.5 Å². The maximum absolute atomic E-state index is 12.1. The van der Waals surface area contributed by atoms with Crippen LogP contribution in [0.1, 0.15) is 57.8 Å². The van der Waals surface area contributed by atoms with Crippen molar-refractivity contribution in [3.05, 3.63) is 0 Å². The maximum Gasteiger partial charge on any atom is 0.220 e. The first kappa shape index (κ1) is 17.7. The Morgan fingerprint density at radius 3 is 2.55 bits per heavy atom. The largest absolute Gasteiger partial charge is 0.376 e. The molecule has 1 aliphatic heterocycles. The third-order valence-electron chi connectivity index (χ3n) is 4.68. The average Bonchev–Trinajstić information content (AvgIpc) is 2.47. The van der Waals surface area contributed by atoms with E-state index in [1.807, 2.05) is 0 Å². The molecular weight excluding hydrogens is 276 g/mol. The summed E-state index contributed by atoms with van der Waals surface area (Å²) in [5.41, 5.74) is 5.99. The zero-order chi connectivity index (χ0) is 13.6. The SMILES string of the molecule is Cl.NCC1(CC(=O)NCC2CCCCO2)CCCCC1. The minimum absolute atomic E-state index is 0. The van der Waals surface area contributed by atoms with Gasteiger partial charge in [-0.1, -0.05) is 19.3 Å². The summed E-state index contributed by atoms with van der Waals surface area (Å²) >= 11 is 0. The molecule has 0 aromatic carbocycles. The van der Waals surface area contributed by atoms with Gasteiger partial charge in [0.25, 0.3) is 0 Å². The fourth-order valence-corrected chi connectivity index (χ4v) is 3.35. The van der Waals surface area contributed by atoms with Crippen molar-refractivity contribution in [2.75, 3.05) is 19.7 Å². The van der Waals surface area contributed by atoms with Gasteiger partial charge >= 0.3 is 0 Å². The normalized spacial score (nSPS) is 25.6. The Hall–Kier alpha value is -0.320. The minimum atomic E-state index is 0. The molecule has 0 aromatic heterocycles. The van der Waals surface area contributed by atoms with Crippen molar-refractivity contribution in [3.63, 3.8) is 0 Å². The van der Waals surface area contributed by atoms with Gasteiger partial charge in [0.2, 0.25) is 5.91 Å². The zero-order valence-corrected chi connectivity index (χ0v) is 13.2. The topological polar surface area (TPSA) is 64.4 Å². The number of nitrogens with one attached hydrogen (secondary N) is 1. The van der Waals surface area contributed by atoms with Crippen LogP contribution in [0.5, 0.6) is 0 Å². The molecule has 118 valence electrons. The van der Waals surface area contributed by atoms with Crippen molar-refractivity contribution in [2.45, 2.75) is 63.9 Å². The lowest BCUT2D eigenvalue weighted by molar-refractivity contribution is -0.124. The average molecular weight is 305 g/mol. The molecule has 0 bridgehead atoms. The smallest absolute Gasteiger partial charge is 0.220 e. The lowest BCUT2D eigenvalue weighted by atomic mass is 9.71. The van der Waals surface area contributed by atoms with E-state index in [9.17, 15) is 4.79 Å². The molecule has 2 aliphatic rings. The van der Waals surface area contributed by atoms with Crippen molar-refractivity contribution in [3.8, 4) is 0 Å². The summed E-state index contributed by atoms with van der Waals surface area (Å²) in [7, 11) is 0. The minimum Gasteiger partial charge on any atom is -0.376 e.